The molecule has 0 amide bonds. The number of aromatic hydroxyl groups is 1. The lowest BCUT2D eigenvalue weighted by molar-refractivity contribution is 0.419. The lowest BCUT2D eigenvalue weighted by Crippen LogP contribution is -2.19. The summed E-state index contributed by atoms with van der Waals surface area (Å²) >= 11 is 11.8. The Labute approximate surface area is 100.0 Å². The molecule has 0 saturated heterocycles. The van der Waals surface area contributed by atoms with Crippen LogP contribution in [0.5, 0.6) is 5.75 Å². The number of hydrogen-bond donors (Lipinski definition) is 2. The zero-order chi connectivity index (χ0) is 11.6. The number of hydrogen-bond acceptors (Lipinski definition) is 2. The van der Waals surface area contributed by atoms with Gasteiger partial charge in [-0.3, -0.25) is 0 Å². The third-order valence-corrected chi connectivity index (χ3v) is 3.19. The van der Waals surface area contributed by atoms with Gasteiger partial charge in [-0.05, 0) is 18.1 Å². The van der Waals surface area contributed by atoms with Crippen molar-refractivity contribution in [3.63, 3.8) is 0 Å². The van der Waals surface area contributed by atoms with E-state index in [1.165, 1.54) is 6.07 Å². The van der Waals surface area contributed by atoms with Gasteiger partial charge in [0.2, 0.25) is 0 Å². The molecule has 0 aliphatic carbocycles. The fourth-order valence-corrected chi connectivity index (χ4v) is 2.05. The van der Waals surface area contributed by atoms with Crippen LogP contribution >= 0.6 is 23.2 Å². The Hall–Kier alpha value is -0.440. The molecule has 4 heteroatoms. The van der Waals surface area contributed by atoms with Crippen molar-refractivity contribution in [2.75, 3.05) is 0 Å². The van der Waals surface area contributed by atoms with Crippen molar-refractivity contribution in [3.8, 4) is 5.75 Å². The van der Waals surface area contributed by atoms with E-state index in [1.54, 1.807) is 6.07 Å². The molecule has 1 unspecified atom stereocenters. The minimum Gasteiger partial charge on any atom is -0.508 e. The zero-order valence-corrected chi connectivity index (χ0v) is 10.3. The molecule has 0 saturated carbocycles. The maximum absolute atomic E-state index is 9.74. The van der Waals surface area contributed by atoms with Crippen molar-refractivity contribution in [3.05, 3.63) is 27.7 Å². The fraction of sp³-hybridized carbons (Fsp3) is 0.455. The summed E-state index contributed by atoms with van der Waals surface area (Å²) in [6.07, 6.45) is 0.930. The smallest absolute Gasteiger partial charge is 0.123 e. The van der Waals surface area contributed by atoms with Crippen LogP contribution in [0.1, 0.15) is 31.9 Å². The zero-order valence-electron chi connectivity index (χ0n) is 8.80. The van der Waals surface area contributed by atoms with Crippen LogP contribution < -0.4 is 5.73 Å². The third kappa shape index (κ3) is 2.77. The second kappa shape index (κ2) is 5.06. The maximum Gasteiger partial charge on any atom is 0.123 e. The summed E-state index contributed by atoms with van der Waals surface area (Å²) in [6.45, 7) is 4.07. The van der Waals surface area contributed by atoms with Crippen LogP contribution in [-0.4, -0.2) is 5.11 Å². The topological polar surface area (TPSA) is 46.2 Å². The molecule has 1 aromatic rings. The van der Waals surface area contributed by atoms with E-state index in [9.17, 15) is 5.11 Å². The number of nitrogens with two attached hydrogens (primary N) is 1. The average molecular weight is 248 g/mol. The van der Waals surface area contributed by atoms with Crippen molar-refractivity contribution in [2.24, 2.45) is 11.7 Å². The Morgan fingerprint density at radius 1 is 1.40 bits per heavy atom. The normalized spacial score (nSPS) is 15.0. The van der Waals surface area contributed by atoms with Crippen LogP contribution in [0.4, 0.5) is 0 Å². The molecule has 0 aliphatic rings. The number of halogens is 2. The van der Waals surface area contributed by atoms with Crippen molar-refractivity contribution in [2.45, 2.75) is 26.3 Å². The van der Waals surface area contributed by atoms with Gasteiger partial charge in [0.1, 0.15) is 5.75 Å². The van der Waals surface area contributed by atoms with E-state index in [2.05, 4.69) is 0 Å². The predicted octanol–water partition coefficient (Wildman–Crippen LogP) is 3.74. The van der Waals surface area contributed by atoms with Gasteiger partial charge in [0.25, 0.3) is 0 Å². The van der Waals surface area contributed by atoms with Crippen LogP contribution in [-0.2, 0) is 0 Å². The van der Waals surface area contributed by atoms with Crippen molar-refractivity contribution >= 4 is 23.2 Å². The second-order valence-corrected chi connectivity index (χ2v) is 4.58. The van der Waals surface area contributed by atoms with E-state index in [-0.39, 0.29) is 17.7 Å². The molecule has 2 atom stereocenters. The molecular formula is C11H15Cl2NO. The fourth-order valence-electron chi connectivity index (χ4n) is 1.44. The highest BCUT2D eigenvalue weighted by Gasteiger charge is 2.20. The Morgan fingerprint density at radius 3 is 2.47 bits per heavy atom. The first-order chi connectivity index (χ1) is 6.97. The summed E-state index contributed by atoms with van der Waals surface area (Å²) in [6, 6.07) is 2.80. The van der Waals surface area contributed by atoms with E-state index >= 15 is 0 Å². The molecular weight excluding hydrogens is 233 g/mol. The number of benzene rings is 1. The third-order valence-electron chi connectivity index (χ3n) is 2.66. The molecule has 0 aromatic heterocycles. The highest BCUT2D eigenvalue weighted by Crippen LogP contribution is 2.37. The van der Waals surface area contributed by atoms with Gasteiger partial charge in [0.05, 0.1) is 5.02 Å². The molecule has 3 N–H and O–H groups in total. The average Bonchev–Trinajstić information content (AvgIpc) is 2.14. The van der Waals surface area contributed by atoms with Crippen LogP contribution in [0, 0.1) is 5.92 Å². The van der Waals surface area contributed by atoms with Crippen molar-refractivity contribution in [1.29, 1.82) is 0 Å². The lowest BCUT2D eigenvalue weighted by atomic mass is 9.93. The van der Waals surface area contributed by atoms with E-state index < -0.39 is 0 Å². The second-order valence-electron chi connectivity index (χ2n) is 3.73. The Kier molecular flexibility index (Phi) is 4.26. The molecule has 15 heavy (non-hydrogen) atoms. The lowest BCUT2D eigenvalue weighted by Gasteiger charge is -2.21. The monoisotopic (exact) mass is 247 g/mol. The summed E-state index contributed by atoms with van der Waals surface area (Å²) < 4.78 is 0. The van der Waals surface area contributed by atoms with Gasteiger partial charge < -0.3 is 10.8 Å². The van der Waals surface area contributed by atoms with Crippen LogP contribution in [0.3, 0.4) is 0 Å². The summed E-state index contributed by atoms with van der Waals surface area (Å²) in [4.78, 5) is 0. The largest absolute Gasteiger partial charge is 0.508 e. The van der Waals surface area contributed by atoms with Crippen LogP contribution in [0.2, 0.25) is 10.0 Å². The maximum atomic E-state index is 9.74. The number of phenols is 1. The van der Waals surface area contributed by atoms with E-state index in [0.29, 0.717) is 15.6 Å². The highest BCUT2D eigenvalue weighted by atomic mass is 35.5. The van der Waals surface area contributed by atoms with E-state index in [1.807, 2.05) is 13.8 Å². The minimum absolute atomic E-state index is 0.0697. The first kappa shape index (κ1) is 12.6. The summed E-state index contributed by atoms with van der Waals surface area (Å²) in [7, 11) is 0. The van der Waals surface area contributed by atoms with E-state index in [0.717, 1.165) is 6.42 Å². The van der Waals surface area contributed by atoms with Gasteiger partial charge in [0.15, 0.2) is 0 Å². The molecule has 0 spiro atoms. The van der Waals surface area contributed by atoms with Crippen LogP contribution in [0.25, 0.3) is 0 Å². The minimum atomic E-state index is -0.264. The summed E-state index contributed by atoms with van der Waals surface area (Å²) in [5.41, 5.74) is 6.59. The predicted molar refractivity (Wildman–Crippen MR) is 64.5 cm³/mol. The summed E-state index contributed by atoms with van der Waals surface area (Å²) in [5, 5.41) is 10.6. The van der Waals surface area contributed by atoms with Crippen molar-refractivity contribution in [1.82, 2.24) is 0 Å². The number of phenolic OH excluding ortho intramolecular Hbond substituents is 1. The molecule has 0 radical (unpaired) electrons. The summed E-state index contributed by atoms with van der Waals surface area (Å²) in [5.74, 6) is 0.329. The number of rotatable bonds is 3. The van der Waals surface area contributed by atoms with Gasteiger partial charge in [-0.15, -0.1) is 0 Å². The molecule has 1 aromatic carbocycles. The first-order valence-corrected chi connectivity index (χ1v) is 5.66. The Morgan fingerprint density at radius 2 is 2.00 bits per heavy atom. The molecule has 84 valence electrons. The molecule has 0 heterocycles. The van der Waals surface area contributed by atoms with Crippen molar-refractivity contribution < 1.29 is 5.11 Å². The molecule has 0 fully saturated rings. The van der Waals surface area contributed by atoms with E-state index in [4.69, 9.17) is 28.9 Å². The highest BCUT2D eigenvalue weighted by molar-refractivity contribution is 6.35. The van der Waals surface area contributed by atoms with Crippen LogP contribution in [0.15, 0.2) is 12.1 Å². The molecule has 2 nitrogen and oxygen atoms in total. The van der Waals surface area contributed by atoms with Gasteiger partial charge in [-0.2, -0.15) is 0 Å². The van der Waals surface area contributed by atoms with Gasteiger partial charge in [-0.1, -0.05) is 43.5 Å². The Bertz CT molecular complexity index is 331. The van der Waals surface area contributed by atoms with Gasteiger partial charge in [0, 0.05) is 16.6 Å². The quantitative estimate of drug-likeness (QED) is 0.855. The van der Waals surface area contributed by atoms with Gasteiger partial charge in [-0.25, -0.2) is 0 Å². The standard InChI is InChI=1S/C11H15Cl2NO/c1-3-6(2)11(14)10-8(13)4-7(12)5-9(10)15/h4-6,11,15H,3,14H2,1-2H3/t6?,11-/m1/s1. The molecule has 1 rings (SSSR count). The first-order valence-electron chi connectivity index (χ1n) is 4.90. The molecule has 0 bridgehead atoms. The Balaban J connectivity index is 3.13. The SMILES string of the molecule is CCC(C)[C@@H](N)c1c(O)cc(Cl)cc1Cl. The molecule has 0 aliphatic heterocycles. The van der Waals surface area contributed by atoms with Gasteiger partial charge >= 0.3 is 0 Å².